The van der Waals surface area contributed by atoms with E-state index in [9.17, 15) is 24.9 Å². The summed E-state index contributed by atoms with van der Waals surface area (Å²) in [4.78, 5) is 23.2. The molecule has 4 rings (SSSR count). The monoisotopic (exact) mass is 479 g/mol. The number of aliphatic carboxylic acids is 1. The fourth-order valence-electron chi connectivity index (χ4n) is 9.30. The smallest absolute Gasteiger partial charge is 0.322 e. The number of carbonyl (C=O) groups is 2. The molecule has 7 nitrogen and oxygen atoms in total. The zero-order valence-corrected chi connectivity index (χ0v) is 21.2. The SMILES string of the molecule is C[C@H](C[C@@H](C)[C@H]1CCC2C3C(C[C@H](O)[C@@]21C)[C@@]1(C)CC[C@@H](O)CC1C[C@H]3O)C(=O)NCC(=O)O. The molecule has 194 valence electrons. The Bertz CT molecular complexity index is 789. The number of fused-ring (bicyclic) bond motifs is 5. The third-order valence-corrected chi connectivity index (χ3v) is 11.1. The number of aliphatic hydroxyl groups is 3. The van der Waals surface area contributed by atoms with E-state index in [1.807, 2.05) is 6.92 Å². The molecule has 4 aliphatic rings. The standard InChI is InChI=1S/C27H45NO6/c1-14(9-15(2)25(34)28-13-23(32)33)18-5-6-19-24-20(12-22(31)27(18,19)4)26(3)8-7-17(29)10-16(26)11-21(24)30/h14-22,24,29-31H,5-13H2,1-4H3,(H,28,34)(H,32,33)/t14-,15-,16?,17-,18-,19?,20?,21-,22+,24?,26+,27-/m1/s1. The van der Waals surface area contributed by atoms with Crippen molar-refractivity contribution in [2.75, 3.05) is 6.54 Å². The summed E-state index contributed by atoms with van der Waals surface area (Å²) in [6.07, 6.45) is 5.51. The summed E-state index contributed by atoms with van der Waals surface area (Å²) < 4.78 is 0. The van der Waals surface area contributed by atoms with Gasteiger partial charge in [0.2, 0.25) is 5.91 Å². The van der Waals surface area contributed by atoms with E-state index in [2.05, 4.69) is 26.1 Å². The molecular weight excluding hydrogens is 434 g/mol. The third-order valence-electron chi connectivity index (χ3n) is 11.1. The Morgan fingerprint density at radius 2 is 1.71 bits per heavy atom. The number of hydrogen-bond donors (Lipinski definition) is 5. The van der Waals surface area contributed by atoms with E-state index in [0.717, 1.165) is 38.5 Å². The second kappa shape index (κ2) is 9.36. The molecule has 0 bridgehead atoms. The van der Waals surface area contributed by atoms with Crippen LogP contribution in [-0.4, -0.2) is 57.2 Å². The van der Waals surface area contributed by atoms with E-state index in [0.29, 0.717) is 18.8 Å². The van der Waals surface area contributed by atoms with Crippen molar-refractivity contribution >= 4 is 11.9 Å². The van der Waals surface area contributed by atoms with Crippen LogP contribution in [0, 0.1) is 52.3 Å². The van der Waals surface area contributed by atoms with Crippen LogP contribution < -0.4 is 5.32 Å². The van der Waals surface area contributed by atoms with Gasteiger partial charge in [-0.15, -0.1) is 0 Å². The van der Waals surface area contributed by atoms with Crippen molar-refractivity contribution < 1.29 is 30.0 Å². The molecule has 0 spiro atoms. The topological polar surface area (TPSA) is 127 Å². The molecule has 4 unspecified atom stereocenters. The lowest BCUT2D eigenvalue weighted by Gasteiger charge is -2.63. The zero-order valence-electron chi connectivity index (χ0n) is 21.2. The number of carbonyl (C=O) groups excluding carboxylic acids is 1. The van der Waals surface area contributed by atoms with Crippen molar-refractivity contribution in [1.29, 1.82) is 0 Å². The normalized spacial score (nSPS) is 47.6. The van der Waals surface area contributed by atoms with Crippen LogP contribution in [0.2, 0.25) is 0 Å². The summed E-state index contributed by atoms with van der Waals surface area (Å²) in [5, 5.41) is 44.6. The Labute approximate surface area is 203 Å². The maximum atomic E-state index is 12.4. The molecule has 0 aromatic heterocycles. The molecule has 34 heavy (non-hydrogen) atoms. The first-order chi connectivity index (χ1) is 15.9. The molecule has 12 atom stereocenters. The molecule has 0 saturated heterocycles. The van der Waals surface area contributed by atoms with Crippen LogP contribution in [0.3, 0.4) is 0 Å². The highest BCUT2D eigenvalue weighted by atomic mass is 16.4. The van der Waals surface area contributed by atoms with Crippen LogP contribution in [-0.2, 0) is 9.59 Å². The summed E-state index contributed by atoms with van der Waals surface area (Å²) in [6, 6.07) is 0. The van der Waals surface area contributed by atoms with Crippen LogP contribution in [0.25, 0.3) is 0 Å². The van der Waals surface area contributed by atoms with Gasteiger partial charge >= 0.3 is 5.97 Å². The maximum absolute atomic E-state index is 12.4. The lowest BCUT2D eigenvalue weighted by Crippen LogP contribution is -2.62. The Morgan fingerprint density at radius 1 is 1.00 bits per heavy atom. The molecule has 4 aliphatic carbocycles. The van der Waals surface area contributed by atoms with E-state index in [-0.39, 0.29) is 71.0 Å². The summed E-state index contributed by atoms with van der Waals surface area (Å²) in [5.41, 5.74) is -0.234. The fourth-order valence-corrected chi connectivity index (χ4v) is 9.30. The van der Waals surface area contributed by atoms with Gasteiger partial charge < -0.3 is 25.7 Å². The zero-order chi connectivity index (χ0) is 25.0. The van der Waals surface area contributed by atoms with E-state index in [1.54, 1.807) is 0 Å². The lowest BCUT2D eigenvalue weighted by molar-refractivity contribution is -0.207. The molecule has 1 amide bonds. The first kappa shape index (κ1) is 25.9. The molecule has 0 aromatic carbocycles. The van der Waals surface area contributed by atoms with Crippen molar-refractivity contribution in [1.82, 2.24) is 5.32 Å². The molecule has 4 fully saturated rings. The van der Waals surface area contributed by atoms with Crippen molar-refractivity contribution in [2.24, 2.45) is 52.3 Å². The van der Waals surface area contributed by atoms with Gasteiger partial charge in [-0.05, 0) is 97.7 Å². The van der Waals surface area contributed by atoms with E-state index >= 15 is 0 Å². The summed E-state index contributed by atoms with van der Waals surface area (Å²) in [5.74, 6) is -0.0907. The average molecular weight is 480 g/mol. The molecule has 5 N–H and O–H groups in total. The van der Waals surface area contributed by atoms with Crippen LogP contribution in [0.4, 0.5) is 0 Å². The highest BCUT2D eigenvalue weighted by Crippen LogP contribution is 2.68. The summed E-state index contributed by atoms with van der Waals surface area (Å²) >= 11 is 0. The van der Waals surface area contributed by atoms with Gasteiger partial charge in [0.05, 0.1) is 18.3 Å². The van der Waals surface area contributed by atoms with Crippen molar-refractivity contribution in [3.63, 3.8) is 0 Å². The largest absolute Gasteiger partial charge is 0.480 e. The van der Waals surface area contributed by atoms with Crippen LogP contribution in [0.5, 0.6) is 0 Å². The molecule has 0 aliphatic heterocycles. The predicted octanol–water partition coefficient (Wildman–Crippen LogP) is 2.81. The second-order valence-electron chi connectivity index (χ2n) is 12.8. The number of nitrogens with one attached hydrogen (secondary N) is 1. The number of amides is 1. The molecule has 0 aromatic rings. The Kier molecular flexibility index (Phi) is 7.13. The van der Waals surface area contributed by atoms with E-state index in [1.165, 1.54) is 0 Å². The minimum atomic E-state index is -1.05. The first-order valence-corrected chi connectivity index (χ1v) is 13.4. The lowest BCUT2D eigenvalue weighted by atomic mass is 9.43. The van der Waals surface area contributed by atoms with Crippen LogP contribution in [0.1, 0.15) is 79.1 Å². The maximum Gasteiger partial charge on any atom is 0.322 e. The van der Waals surface area contributed by atoms with Gasteiger partial charge in [0.1, 0.15) is 6.54 Å². The Hall–Kier alpha value is -1.18. The molecule has 4 saturated carbocycles. The molecular formula is C27H45NO6. The van der Waals surface area contributed by atoms with Gasteiger partial charge in [-0.3, -0.25) is 9.59 Å². The van der Waals surface area contributed by atoms with Crippen molar-refractivity contribution in [2.45, 2.75) is 97.4 Å². The molecule has 0 radical (unpaired) electrons. The number of carboxylic acids is 1. The summed E-state index contributed by atoms with van der Waals surface area (Å²) in [6.45, 7) is 8.20. The quantitative estimate of drug-likeness (QED) is 0.399. The van der Waals surface area contributed by atoms with E-state index in [4.69, 9.17) is 5.11 Å². The van der Waals surface area contributed by atoms with Crippen LogP contribution in [0.15, 0.2) is 0 Å². The Balaban J connectivity index is 1.51. The first-order valence-electron chi connectivity index (χ1n) is 13.4. The number of rotatable bonds is 6. The fraction of sp³-hybridized carbons (Fsp3) is 0.926. The van der Waals surface area contributed by atoms with Gasteiger partial charge in [0, 0.05) is 5.92 Å². The van der Waals surface area contributed by atoms with Crippen LogP contribution >= 0.6 is 0 Å². The number of aliphatic hydroxyl groups excluding tert-OH is 3. The van der Waals surface area contributed by atoms with Gasteiger partial charge in [0.25, 0.3) is 0 Å². The predicted molar refractivity (Wildman–Crippen MR) is 128 cm³/mol. The Morgan fingerprint density at radius 3 is 2.38 bits per heavy atom. The van der Waals surface area contributed by atoms with Gasteiger partial charge in [-0.1, -0.05) is 27.7 Å². The second-order valence-corrected chi connectivity index (χ2v) is 12.8. The van der Waals surface area contributed by atoms with Gasteiger partial charge in [-0.2, -0.15) is 0 Å². The summed E-state index contributed by atoms with van der Waals surface area (Å²) in [7, 11) is 0. The van der Waals surface area contributed by atoms with E-state index < -0.39 is 12.1 Å². The van der Waals surface area contributed by atoms with Crippen molar-refractivity contribution in [3.8, 4) is 0 Å². The molecule has 0 heterocycles. The highest BCUT2D eigenvalue weighted by Gasteiger charge is 2.65. The van der Waals surface area contributed by atoms with Gasteiger partial charge in [-0.25, -0.2) is 0 Å². The number of carboxylic acid groups (broad SMARTS) is 1. The highest BCUT2D eigenvalue weighted by molar-refractivity contribution is 5.82. The average Bonchev–Trinajstić information content (AvgIpc) is 3.12. The molecule has 7 heteroatoms. The minimum Gasteiger partial charge on any atom is -0.480 e. The van der Waals surface area contributed by atoms with Crippen molar-refractivity contribution in [3.05, 3.63) is 0 Å². The third kappa shape index (κ3) is 4.20. The minimum absolute atomic E-state index is 0.0614. The van der Waals surface area contributed by atoms with Gasteiger partial charge in [0.15, 0.2) is 0 Å². The number of hydrogen-bond acceptors (Lipinski definition) is 5.